The number of nitrogens with zero attached hydrogens (tertiary/aromatic N) is 1. The molecule has 0 aliphatic rings. The molecule has 0 aromatic heterocycles. The average molecular weight is 475 g/mol. The van der Waals surface area contributed by atoms with Crippen molar-refractivity contribution < 1.29 is 22.7 Å². The van der Waals surface area contributed by atoms with Crippen LogP contribution in [0.2, 0.25) is 10.0 Å². The third-order valence-electron chi connectivity index (χ3n) is 4.50. The number of carbonyl (C=O) groups is 1. The smallest absolute Gasteiger partial charge is 0.244 e. The van der Waals surface area contributed by atoms with Gasteiger partial charge in [0.25, 0.3) is 0 Å². The first-order chi connectivity index (χ1) is 14.0. The fraction of sp³-hybridized carbons (Fsp3) is 0.350. The molecule has 0 heterocycles. The molecule has 0 radical (unpaired) electrons. The Morgan fingerprint density at radius 1 is 1.07 bits per heavy atom. The summed E-state index contributed by atoms with van der Waals surface area (Å²) in [6, 6.07) is 8.07. The van der Waals surface area contributed by atoms with E-state index in [1.54, 1.807) is 25.1 Å². The summed E-state index contributed by atoms with van der Waals surface area (Å²) in [6.45, 7) is 3.24. The highest BCUT2D eigenvalue weighted by molar-refractivity contribution is 7.92. The fourth-order valence-electron chi connectivity index (χ4n) is 3.03. The maximum atomic E-state index is 13.0. The minimum atomic E-state index is -3.84. The molecule has 0 bridgehead atoms. The number of amides is 1. The molecule has 10 heteroatoms. The number of ether oxygens (including phenoxy) is 2. The van der Waals surface area contributed by atoms with Crippen molar-refractivity contribution in [3.8, 4) is 11.5 Å². The number of halogens is 2. The van der Waals surface area contributed by atoms with Crippen molar-refractivity contribution in [1.29, 1.82) is 0 Å². The van der Waals surface area contributed by atoms with E-state index in [1.165, 1.54) is 39.3 Å². The van der Waals surface area contributed by atoms with Crippen LogP contribution in [0.15, 0.2) is 36.4 Å². The highest BCUT2D eigenvalue weighted by Gasteiger charge is 2.31. The monoisotopic (exact) mass is 474 g/mol. The first-order valence-electron chi connectivity index (χ1n) is 8.96. The Morgan fingerprint density at radius 2 is 1.73 bits per heavy atom. The summed E-state index contributed by atoms with van der Waals surface area (Å²) in [5.74, 6) is 0.645. The Hall–Kier alpha value is -2.16. The first kappa shape index (κ1) is 24.1. The zero-order valence-corrected chi connectivity index (χ0v) is 19.6. The average Bonchev–Trinajstić information content (AvgIpc) is 2.68. The standard InChI is InChI=1S/C20H24Cl2N2O5S/c1-12(16-11-15(28-3)7-9-19(16)29-4)23-20(25)13(2)24(30(5,26)27)18-10-14(21)6-8-17(18)22/h6-13H,1-5H3,(H,23,25)/t12-,13+/m0/s1. The number of benzene rings is 2. The Bertz CT molecular complexity index is 1030. The van der Waals surface area contributed by atoms with E-state index < -0.39 is 28.0 Å². The third-order valence-corrected chi connectivity index (χ3v) is 6.28. The number of anilines is 1. The van der Waals surface area contributed by atoms with Gasteiger partial charge in [-0.15, -0.1) is 0 Å². The van der Waals surface area contributed by atoms with Gasteiger partial charge in [0, 0.05) is 10.6 Å². The van der Waals surface area contributed by atoms with Crippen LogP contribution in [0.25, 0.3) is 0 Å². The number of methoxy groups -OCH3 is 2. The van der Waals surface area contributed by atoms with Crippen LogP contribution in [0.4, 0.5) is 5.69 Å². The summed E-state index contributed by atoms with van der Waals surface area (Å²) in [5, 5.41) is 3.28. The van der Waals surface area contributed by atoms with Crippen molar-refractivity contribution in [3.63, 3.8) is 0 Å². The van der Waals surface area contributed by atoms with E-state index in [0.29, 0.717) is 22.1 Å². The van der Waals surface area contributed by atoms with E-state index >= 15 is 0 Å². The molecule has 7 nitrogen and oxygen atoms in total. The molecule has 0 saturated carbocycles. The van der Waals surface area contributed by atoms with Gasteiger partial charge in [-0.25, -0.2) is 8.42 Å². The molecule has 0 saturated heterocycles. The molecular weight excluding hydrogens is 451 g/mol. The van der Waals surface area contributed by atoms with Crippen molar-refractivity contribution in [1.82, 2.24) is 5.32 Å². The third kappa shape index (κ3) is 5.50. The van der Waals surface area contributed by atoms with Crippen molar-refractivity contribution in [2.75, 3.05) is 24.8 Å². The van der Waals surface area contributed by atoms with E-state index in [4.69, 9.17) is 32.7 Å². The van der Waals surface area contributed by atoms with E-state index in [1.807, 2.05) is 0 Å². The van der Waals surface area contributed by atoms with Crippen molar-refractivity contribution in [2.24, 2.45) is 0 Å². The predicted octanol–water partition coefficient (Wildman–Crippen LogP) is 4.04. The van der Waals surface area contributed by atoms with Crippen LogP contribution in [0.3, 0.4) is 0 Å². The highest BCUT2D eigenvalue weighted by Crippen LogP contribution is 2.33. The van der Waals surface area contributed by atoms with Gasteiger partial charge in [-0.3, -0.25) is 9.10 Å². The maximum absolute atomic E-state index is 13.0. The van der Waals surface area contributed by atoms with E-state index in [9.17, 15) is 13.2 Å². The van der Waals surface area contributed by atoms with E-state index in [-0.39, 0.29) is 10.7 Å². The molecule has 0 aliphatic carbocycles. The van der Waals surface area contributed by atoms with E-state index in [0.717, 1.165) is 10.6 Å². The lowest BCUT2D eigenvalue weighted by Gasteiger charge is -2.30. The van der Waals surface area contributed by atoms with Gasteiger partial charge >= 0.3 is 0 Å². The van der Waals surface area contributed by atoms with Crippen molar-refractivity contribution >= 4 is 44.8 Å². The molecular formula is C20H24Cl2N2O5S. The molecule has 0 unspecified atom stereocenters. The van der Waals surface area contributed by atoms with Crippen LogP contribution in [0.5, 0.6) is 11.5 Å². The Balaban J connectivity index is 2.35. The molecule has 2 aromatic rings. The maximum Gasteiger partial charge on any atom is 0.244 e. The van der Waals surface area contributed by atoms with Crippen LogP contribution < -0.4 is 19.1 Å². The molecule has 2 aromatic carbocycles. The van der Waals surface area contributed by atoms with Gasteiger partial charge in [-0.2, -0.15) is 0 Å². The minimum absolute atomic E-state index is 0.126. The quantitative estimate of drug-likeness (QED) is 0.623. The molecule has 164 valence electrons. The van der Waals surface area contributed by atoms with Gasteiger partial charge in [-0.1, -0.05) is 23.2 Å². The lowest BCUT2D eigenvalue weighted by Crippen LogP contribution is -2.48. The summed E-state index contributed by atoms with van der Waals surface area (Å²) in [7, 11) is -0.781. The molecule has 0 aliphatic heterocycles. The van der Waals surface area contributed by atoms with Crippen LogP contribution in [-0.4, -0.2) is 40.8 Å². The zero-order chi connectivity index (χ0) is 22.6. The zero-order valence-electron chi connectivity index (χ0n) is 17.3. The first-order valence-corrected chi connectivity index (χ1v) is 11.6. The number of rotatable bonds is 8. The van der Waals surface area contributed by atoms with Crippen LogP contribution >= 0.6 is 23.2 Å². The second-order valence-corrected chi connectivity index (χ2v) is 9.37. The SMILES string of the molecule is COc1ccc(OC)c([C@H](C)NC(=O)[C@@H](C)N(c2cc(Cl)ccc2Cl)S(C)(=O)=O)c1. The van der Waals surface area contributed by atoms with Crippen LogP contribution in [-0.2, 0) is 14.8 Å². The molecule has 1 N–H and O–H groups in total. The largest absolute Gasteiger partial charge is 0.497 e. The molecule has 0 spiro atoms. The summed E-state index contributed by atoms with van der Waals surface area (Å²) in [5.41, 5.74) is 0.810. The normalized spacial score (nSPS) is 13.3. The van der Waals surface area contributed by atoms with Gasteiger partial charge in [0.2, 0.25) is 15.9 Å². The van der Waals surface area contributed by atoms with Crippen LogP contribution in [0, 0.1) is 0 Å². The summed E-state index contributed by atoms with van der Waals surface area (Å²) < 4.78 is 36.5. The number of hydrogen-bond donors (Lipinski definition) is 1. The Kier molecular flexibility index (Phi) is 7.85. The lowest BCUT2D eigenvalue weighted by molar-refractivity contribution is -0.122. The molecule has 1 amide bonds. The second-order valence-electron chi connectivity index (χ2n) is 6.67. The molecule has 30 heavy (non-hydrogen) atoms. The number of sulfonamides is 1. The summed E-state index contributed by atoms with van der Waals surface area (Å²) >= 11 is 12.2. The highest BCUT2D eigenvalue weighted by atomic mass is 35.5. The number of hydrogen-bond acceptors (Lipinski definition) is 5. The summed E-state index contributed by atoms with van der Waals surface area (Å²) in [4.78, 5) is 13.0. The number of carbonyl (C=O) groups excluding carboxylic acids is 1. The van der Waals surface area contributed by atoms with Gasteiger partial charge in [0.1, 0.15) is 17.5 Å². The number of nitrogens with one attached hydrogen (secondary N) is 1. The molecule has 2 atom stereocenters. The fourth-order valence-corrected chi connectivity index (χ4v) is 4.63. The van der Waals surface area contributed by atoms with Crippen molar-refractivity contribution in [2.45, 2.75) is 25.9 Å². The second kappa shape index (κ2) is 9.76. The Morgan fingerprint density at radius 3 is 2.30 bits per heavy atom. The lowest BCUT2D eigenvalue weighted by atomic mass is 10.1. The van der Waals surface area contributed by atoms with E-state index in [2.05, 4.69) is 5.32 Å². The van der Waals surface area contributed by atoms with Crippen LogP contribution in [0.1, 0.15) is 25.5 Å². The molecule has 0 fully saturated rings. The van der Waals surface area contributed by atoms with Gasteiger partial charge in [-0.05, 0) is 50.2 Å². The van der Waals surface area contributed by atoms with Gasteiger partial charge in [0.15, 0.2) is 0 Å². The van der Waals surface area contributed by atoms with Gasteiger partial charge in [0.05, 0.1) is 37.2 Å². The van der Waals surface area contributed by atoms with Crippen molar-refractivity contribution in [3.05, 3.63) is 52.0 Å². The molecule has 2 rings (SSSR count). The predicted molar refractivity (Wildman–Crippen MR) is 119 cm³/mol. The van der Waals surface area contributed by atoms with Gasteiger partial charge < -0.3 is 14.8 Å². The topological polar surface area (TPSA) is 84.9 Å². The minimum Gasteiger partial charge on any atom is -0.497 e. The Labute approximate surface area is 186 Å². The summed E-state index contributed by atoms with van der Waals surface area (Å²) in [6.07, 6.45) is 1.00.